The van der Waals surface area contributed by atoms with Gasteiger partial charge in [0.1, 0.15) is 5.15 Å². The van der Waals surface area contributed by atoms with E-state index in [-0.39, 0.29) is 16.4 Å². The van der Waals surface area contributed by atoms with Crippen LogP contribution in [-0.2, 0) is 6.18 Å². The second kappa shape index (κ2) is 8.08. The highest BCUT2D eigenvalue weighted by Crippen LogP contribution is 2.37. The highest BCUT2D eigenvalue weighted by molar-refractivity contribution is 6.33. The lowest BCUT2D eigenvalue weighted by Gasteiger charge is -2.26. The van der Waals surface area contributed by atoms with Gasteiger partial charge in [0, 0.05) is 42.8 Å². The van der Waals surface area contributed by atoms with E-state index in [0.29, 0.717) is 25.1 Å². The van der Waals surface area contributed by atoms with Gasteiger partial charge in [-0.05, 0) is 35.8 Å². The number of rotatable bonds is 3. The molecule has 5 rings (SSSR count). The van der Waals surface area contributed by atoms with Crippen molar-refractivity contribution in [1.29, 1.82) is 0 Å². The maximum absolute atomic E-state index is 13.8. The summed E-state index contributed by atoms with van der Waals surface area (Å²) >= 11 is 6.39. The van der Waals surface area contributed by atoms with E-state index in [1.54, 1.807) is 12.4 Å². The van der Waals surface area contributed by atoms with Crippen LogP contribution in [0.4, 0.5) is 13.2 Å². The van der Waals surface area contributed by atoms with Crippen molar-refractivity contribution in [2.75, 3.05) is 13.1 Å². The van der Waals surface area contributed by atoms with Gasteiger partial charge < -0.3 is 9.32 Å². The Hall–Kier alpha value is -3.59. The number of hydrogen-bond acceptors (Lipinski definition) is 4. The minimum absolute atomic E-state index is 0.173. The van der Waals surface area contributed by atoms with Crippen molar-refractivity contribution in [3.63, 3.8) is 0 Å². The van der Waals surface area contributed by atoms with Crippen LogP contribution >= 0.6 is 11.6 Å². The fourth-order valence-electron chi connectivity index (χ4n) is 3.87. The van der Waals surface area contributed by atoms with Crippen molar-refractivity contribution in [2.45, 2.75) is 12.6 Å². The van der Waals surface area contributed by atoms with E-state index >= 15 is 0 Å². The van der Waals surface area contributed by atoms with Gasteiger partial charge in [-0.2, -0.15) is 13.2 Å². The first-order chi connectivity index (χ1) is 15.8. The monoisotopic (exact) mass is 472 g/mol. The van der Waals surface area contributed by atoms with Crippen LogP contribution in [0.3, 0.4) is 0 Å². The van der Waals surface area contributed by atoms with Crippen molar-refractivity contribution in [3.8, 4) is 11.1 Å². The van der Waals surface area contributed by atoms with Crippen molar-refractivity contribution < 1.29 is 22.4 Å². The fraction of sp³-hybridized carbons (Fsp3) is 0.174. The number of halogens is 4. The average molecular weight is 473 g/mol. The zero-order valence-corrected chi connectivity index (χ0v) is 17.8. The summed E-state index contributed by atoms with van der Waals surface area (Å²) in [6, 6.07) is 6.28. The van der Waals surface area contributed by atoms with Gasteiger partial charge in [0.05, 0.1) is 18.1 Å². The molecule has 0 fully saturated rings. The molecule has 0 unspecified atom stereocenters. The van der Waals surface area contributed by atoms with E-state index in [1.165, 1.54) is 29.7 Å². The van der Waals surface area contributed by atoms with Crippen LogP contribution in [0.25, 0.3) is 22.3 Å². The molecule has 0 aliphatic carbocycles. The molecule has 0 saturated heterocycles. The first kappa shape index (κ1) is 21.3. The quantitative estimate of drug-likeness (QED) is 0.390. The molecule has 33 heavy (non-hydrogen) atoms. The summed E-state index contributed by atoms with van der Waals surface area (Å²) in [5.41, 5.74) is 1.08. The molecule has 1 amide bonds. The summed E-state index contributed by atoms with van der Waals surface area (Å²) in [5, 5.41) is -0.173. The summed E-state index contributed by atoms with van der Waals surface area (Å²) in [5.74, 6) is -0.525. The molecule has 10 heteroatoms. The standard InChI is InChI=1S/C23H16ClF3N4O2/c24-20-19(22(32)30-7-3-14(4-8-30)15-2-1-6-28-11-15)29-21-18(23(25,26)27)10-17(12-31(20)21)16-5-9-33-13-16/h1-3,5-6,9-13H,4,7-8H2. The molecule has 0 atom stereocenters. The third-order valence-electron chi connectivity index (χ3n) is 5.55. The topological polar surface area (TPSA) is 63.6 Å². The maximum Gasteiger partial charge on any atom is 0.420 e. The Morgan fingerprint density at radius 3 is 2.67 bits per heavy atom. The molecule has 4 aromatic heterocycles. The van der Waals surface area contributed by atoms with E-state index in [1.807, 2.05) is 18.2 Å². The van der Waals surface area contributed by atoms with Crippen molar-refractivity contribution in [3.05, 3.63) is 83.4 Å². The van der Waals surface area contributed by atoms with Crippen LogP contribution in [0, 0.1) is 0 Å². The molecule has 0 N–H and O–H groups in total. The van der Waals surface area contributed by atoms with E-state index in [2.05, 4.69) is 9.97 Å². The van der Waals surface area contributed by atoms with Gasteiger partial charge in [0.15, 0.2) is 11.3 Å². The lowest BCUT2D eigenvalue weighted by molar-refractivity contribution is -0.136. The Morgan fingerprint density at radius 2 is 2.03 bits per heavy atom. The molecule has 0 spiro atoms. The van der Waals surface area contributed by atoms with Crippen LogP contribution in [0.2, 0.25) is 5.15 Å². The maximum atomic E-state index is 13.8. The summed E-state index contributed by atoms with van der Waals surface area (Å²) in [7, 11) is 0. The zero-order chi connectivity index (χ0) is 23.2. The largest absolute Gasteiger partial charge is 0.472 e. The summed E-state index contributed by atoms with van der Waals surface area (Å²) in [6.07, 6.45) is 5.33. The number of furan rings is 1. The lowest BCUT2D eigenvalue weighted by atomic mass is 10.0. The van der Waals surface area contributed by atoms with Gasteiger partial charge in [-0.1, -0.05) is 23.7 Å². The lowest BCUT2D eigenvalue weighted by Crippen LogP contribution is -2.35. The SMILES string of the molecule is O=C(c1nc2c(C(F)(F)F)cc(-c3ccoc3)cn2c1Cl)N1CC=C(c2cccnc2)CC1. The van der Waals surface area contributed by atoms with Gasteiger partial charge in [-0.15, -0.1) is 0 Å². The van der Waals surface area contributed by atoms with Gasteiger partial charge in [-0.3, -0.25) is 14.2 Å². The third kappa shape index (κ3) is 3.89. The Balaban J connectivity index is 1.52. The number of imidazole rings is 1. The van der Waals surface area contributed by atoms with E-state index in [0.717, 1.165) is 21.6 Å². The zero-order valence-electron chi connectivity index (χ0n) is 17.0. The molecule has 4 aromatic rings. The Bertz CT molecular complexity index is 1360. The first-order valence-corrected chi connectivity index (χ1v) is 10.4. The second-order valence-corrected chi connectivity index (χ2v) is 7.93. The van der Waals surface area contributed by atoms with Gasteiger partial charge >= 0.3 is 6.18 Å². The van der Waals surface area contributed by atoms with Crippen LogP contribution in [0.5, 0.6) is 0 Å². The number of alkyl halides is 3. The Morgan fingerprint density at radius 1 is 1.18 bits per heavy atom. The van der Waals surface area contributed by atoms with Gasteiger partial charge in [-0.25, -0.2) is 4.98 Å². The summed E-state index contributed by atoms with van der Waals surface area (Å²) in [4.78, 5) is 22.8. The van der Waals surface area contributed by atoms with Crippen LogP contribution < -0.4 is 0 Å². The second-order valence-electron chi connectivity index (χ2n) is 7.57. The first-order valence-electron chi connectivity index (χ1n) is 10.0. The highest BCUT2D eigenvalue weighted by Gasteiger charge is 2.36. The minimum Gasteiger partial charge on any atom is -0.472 e. The minimum atomic E-state index is -4.69. The molecule has 0 bridgehead atoms. The summed E-state index contributed by atoms with van der Waals surface area (Å²) in [6.45, 7) is 0.676. The molecule has 1 aliphatic rings. The molecule has 5 heterocycles. The van der Waals surface area contributed by atoms with Crippen molar-refractivity contribution >= 4 is 28.7 Å². The Kier molecular flexibility index (Phi) is 5.20. The molecular formula is C23H16ClF3N4O2. The number of carbonyl (C=O) groups is 1. The normalized spacial score (nSPS) is 14.5. The number of carbonyl (C=O) groups excluding carboxylic acids is 1. The molecule has 6 nitrogen and oxygen atoms in total. The van der Waals surface area contributed by atoms with Crippen molar-refractivity contribution in [2.24, 2.45) is 0 Å². The van der Waals surface area contributed by atoms with Crippen molar-refractivity contribution in [1.82, 2.24) is 19.3 Å². The third-order valence-corrected chi connectivity index (χ3v) is 5.91. The number of nitrogens with zero attached hydrogens (tertiary/aromatic N) is 4. The Labute approximate surface area is 190 Å². The molecule has 168 valence electrons. The molecule has 0 radical (unpaired) electrons. The molecule has 0 aromatic carbocycles. The molecule has 1 aliphatic heterocycles. The van der Waals surface area contributed by atoms with Crippen LogP contribution in [0.1, 0.15) is 28.0 Å². The van der Waals surface area contributed by atoms with Gasteiger partial charge in [0.25, 0.3) is 5.91 Å². The van der Waals surface area contributed by atoms with Crippen LogP contribution in [-0.4, -0.2) is 38.3 Å². The summed E-state index contributed by atoms with van der Waals surface area (Å²) < 4.78 is 47.5. The van der Waals surface area contributed by atoms with E-state index < -0.39 is 23.3 Å². The predicted octanol–water partition coefficient (Wildman–Crippen LogP) is 5.59. The molecule has 0 saturated carbocycles. The predicted molar refractivity (Wildman–Crippen MR) is 116 cm³/mol. The fourth-order valence-corrected chi connectivity index (χ4v) is 4.12. The van der Waals surface area contributed by atoms with E-state index in [4.69, 9.17) is 16.0 Å². The number of fused-ring (bicyclic) bond motifs is 1. The average Bonchev–Trinajstić information content (AvgIpc) is 3.47. The number of amides is 1. The smallest absolute Gasteiger partial charge is 0.420 e. The van der Waals surface area contributed by atoms with Gasteiger partial charge in [0.2, 0.25) is 0 Å². The number of aromatic nitrogens is 3. The number of pyridine rings is 2. The number of hydrogen-bond donors (Lipinski definition) is 0. The van der Waals surface area contributed by atoms with Crippen LogP contribution in [0.15, 0.2) is 65.9 Å². The van der Waals surface area contributed by atoms with E-state index in [9.17, 15) is 18.0 Å². The molecular weight excluding hydrogens is 457 g/mol. The highest BCUT2D eigenvalue weighted by atomic mass is 35.5.